The van der Waals surface area contributed by atoms with Gasteiger partial charge in [-0.25, -0.2) is 9.67 Å². The van der Waals surface area contributed by atoms with Gasteiger partial charge >= 0.3 is 0 Å². The second-order valence-corrected chi connectivity index (χ2v) is 5.80. The molecule has 4 rings (SSSR count). The summed E-state index contributed by atoms with van der Waals surface area (Å²) in [6, 6.07) is 7.82. The summed E-state index contributed by atoms with van der Waals surface area (Å²) in [4.78, 5) is 20.1. The maximum Gasteiger partial charge on any atom is 0.244 e. The molecule has 0 bridgehead atoms. The average Bonchev–Trinajstić information content (AvgIpc) is 3.36. The van der Waals surface area contributed by atoms with E-state index >= 15 is 0 Å². The lowest BCUT2D eigenvalue weighted by Gasteiger charge is -2.35. The Hall–Kier alpha value is -3.23. The normalized spacial score (nSPS) is 14.7. The molecule has 0 saturated carbocycles. The molecule has 1 amide bonds. The maximum absolute atomic E-state index is 12.3. The lowest BCUT2D eigenvalue weighted by molar-refractivity contribution is -0.132. The third kappa shape index (κ3) is 3.35. The van der Waals surface area contributed by atoms with E-state index in [1.165, 1.54) is 6.33 Å². The van der Waals surface area contributed by atoms with Crippen molar-refractivity contribution in [1.29, 1.82) is 0 Å². The van der Waals surface area contributed by atoms with Crippen molar-refractivity contribution in [2.24, 2.45) is 0 Å². The van der Waals surface area contributed by atoms with E-state index < -0.39 is 0 Å². The van der Waals surface area contributed by atoms with Crippen molar-refractivity contribution in [1.82, 2.24) is 34.4 Å². The number of hydrogen-bond donors (Lipinski definition) is 0. The van der Waals surface area contributed by atoms with E-state index in [-0.39, 0.29) is 12.5 Å². The largest absolute Gasteiger partial charge is 0.352 e. The lowest BCUT2D eigenvalue weighted by atomic mass is 10.3. The Morgan fingerprint density at radius 3 is 2.36 bits per heavy atom. The minimum Gasteiger partial charge on any atom is -0.352 e. The monoisotopic (exact) mass is 338 g/mol. The quantitative estimate of drug-likeness (QED) is 0.676. The molecule has 3 aromatic heterocycles. The zero-order chi connectivity index (χ0) is 17.1. The number of anilines is 1. The van der Waals surface area contributed by atoms with Crippen LogP contribution in [0.15, 0.2) is 49.3 Å². The first kappa shape index (κ1) is 15.3. The standard InChI is InChI=1S/C16H18N8O/c25-16(11-24-13-17-12-18-24)23-9-7-22(8-10-23)15-4-3-14(19-20-15)21-5-1-2-6-21/h1-6,12-13H,7-11H2. The molecule has 0 unspecified atom stereocenters. The van der Waals surface area contributed by atoms with Crippen molar-refractivity contribution in [3.63, 3.8) is 0 Å². The minimum absolute atomic E-state index is 0.0548. The van der Waals surface area contributed by atoms with E-state index in [9.17, 15) is 4.79 Å². The van der Waals surface area contributed by atoms with E-state index in [0.29, 0.717) is 13.1 Å². The third-order valence-corrected chi connectivity index (χ3v) is 4.23. The predicted octanol–water partition coefficient (Wildman–Crippen LogP) is 0.208. The van der Waals surface area contributed by atoms with Gasteiger partial charge in [-0.05, 0) is 24.3 Å². The molecule has 1 aliphatic rings. The van der Waals surface area contributed by atoms with Gasteiger partial charge in [0.25, 0.3) is 0 Å². The summed E-state index contributed by atoms with van der Waals surface area (Å²) >= 11 is 0. The second-order valence-electron chi connectivity index (χ2n) is 5.80. The van der Waals surface area contributed by atoms with Crippen molar-refractivity contribution in [2.75, 3.05) is 31.1 Å². The summed E-state index contributed by atoms with van der Waals surface area (Å²) in [6.45, 7) is 3.02. The Morgan fingerprint density at radius 1 is 1.00 bits per heavy atom. The molecule has 4 heterocycles. The Bertz CT molecular complexity index is 804. The summed E-state index contributed by atoms with van der Waals surface area (Å²) in [5, 5.41) is 12.6. The smallest absolute Gasteiger partial charge is 0.244 e. The highest BCUT2D eigenvalue weighted by Crippen LogP contribution is 2.14. The molecule has 25 heavy (non-hydrogen) atoms. The van der Waals surface area contributed by atoms with Gasteiger partial charge < -0.3 is 14.4 Å². The van der Waals surface area contributed by atoms with Gasteiger partial charge in [0.05, 0.1) is 0 Å². The van der Waals surface area contributed by atoms with E-state index in [1.807, 2.05) is 46.1 Å². The van der Waals surface area contributed by atoms with Crippen LogP contribution in [0, 0.1) is 0 Å². The van der Waals surface area contributed by atoms with Crippen molar-refractivity contribution >= 4 is 11.7 Å². The number of piperazine rings is 1. The topological polar surface area (TPSA) is 85.0 Å². The van der Waals surface area contributed by atoms with Gasteiger partial charge in [0.1, 0.15) is 19.2 Å². The zero-order valence-corrected chi connectivity index (χ0v) is 13.6. The van der Waals surface area contributed by atoms with Crippen LogP contribution in [0.5, 0.6) is 0 Å². The van der Waals surface area contributed by atoms with Crippen LogP contribution >= 0.6 is 0 Å². The zero-order valence-electron chi connectivity index (χ0n) is 13.6. The Kier molecular flexibility index (Phi) is 4.11. The van der Waals surface area contributed by atoms with Gasteiger partial charge in [0, 0.05) is 38.6 Å². The highest BCUT2D eigenvalue weighted by atomic mass is 16.2. The minimum atomic E-state index is 0.0548. The van der Waals surface area contributed by atoms with Crippen LogP contribution in [0.4, 0.5) is 5.82 Å². The number of nitrogens with zero attached hydrogens (tertiary/aromatic N) is 8. The number of rotatable bonds is 4. The van der Waals surface area contributed by atoms with Crippen molar-refractivity contribution in [3.05, 3.63) is 49.3 Å². The van der Waals surface area contributed by atoms with Gasteiger partial charge in [0.15, 0.2) is 11.6 Å². The Balaban J connectivity index is 1.34. The Morgan fingerprint density at radius 2 is 1.72 bits per heavy atom. The van der Waals surface area contributed by atoms with Gasteiger partial charge in [-0.3, -0.25) is 4.79 Å². The molecule has 0 spiro atoms. The fourth-order valence-corrected chi connectivity index (χ4v) is 2.85. The molecule has 0 atom stereocenters. The van der Waals surface area contributed by atoms with Crippen LogP contribution in [-0.4, -0.2) is 66.5 Å². The van der Waals surface area contributed by atoms with E-state index in [0.717, 1.165) is 24.7 Å². The molecule has 9 nitrogen and oxygen atoms in total. The van der Waals surface area contributed by atoms with Gasteiger partial charge in [-0.1, -0.05) is 0 Å². The molecule has 0 radical (unpaired) electrons. The first-order chi connectivity index (χ1) is 12.3. The van der Waals surface area contributed by atoms with Crippen LogP contribution in [0.3, 0.4) is 0 Å². The molecular formula is C16H18N8O. The summed E-state index contributed by atoms with van der Waals surface area (Å²) < 4.78 is 3.46. The predicted molar refractivity (Wildman–Crippen MR) is 90.2 cm³/mol. The van der Waals surface area contributed by atoms with E-state index in [2.05, 4.69) is 25.2 Å². The van der Waals surface area contributed by atoms with Gasteiger partial charge in [-0.15, -0.1) is 10.2 Å². The average molecular weight is 338 g/mol. The first-order valence-electron chi connectivity index (χ1n) is 8.12. The van der Waals surface area contributed by atoms with Crippen LogP contribution < -0.4 is 4.90 Å². The highest BCUT2D eigenvalue weighted by Gasteiger charge is 2.22. The highest BCUT2D eigenvalue weighted by molar-refractivity contribution is 5.76. The molecule has 1 saturated heterocycles. The molecule has 9 heteroatoms. The van der Waals surface area contributed by atoms with Crippen LogP contribution in [0.25, 0.3) is 5.82 Å². The summed E-state index contributed by atoms with van der Waals surface area (Å²) in [6.07, 6.45) is 6.85. The summed E-state index contributed by atoms with van der Waals surface area (Å²) in [7, 11) is 0. The molecule has 128 valence electrons. The second kappa shape index (κ2) is 6.71. The third-order valence-electron chi connectivity index (χ3n) is 4.23. The summed E-state index contributed by atoms with van der Waals surface area (Å²) in [5.74, 6) is 1.67. The van der Waals surface area contributed by atoms with Crippen LogP contribution in [0.2, 0.25) is 0 Å². The number of carbonyl (C=O) groups excluding carboxylic acids is 1. The molecule has 3 aromatic rings. The SMILES string of the molecule is O=C(Cn1cncn1)N1CCN(c2ccc(-n3cccc3)nn2)CC1. The molecule has 0 aliphatic carbocycles. The van der Waals surface area contributed by atoms with Crippen LogP contribution in [-0.2, 0) is 11.3 Å². The molecule has 0 N–H and O–H groups in total. The van der Waals surface area contributed by atoms with Crippen molar-refractivity contribution < 1.29 is 4.79 Å². The first-order valence-corrected chi connectivity index (χ1v) is 8.12. The number of hydrogen-bond acceptors (Lipinski definition) is 6. The molecular weight excluding hydrogens is 320 g/mol. The summed E-state index contributed by atoms with van der Waals surface area (Å²) in [5.41, 5.74) is 0. The maximum atomic E-state index is 12.3. The fourth-order valence-electron chi connectivity index (χ4n) is 2.85. The molecule has 0 aromatic carbocycles. The van der Waals surface area contributed by atoms with Gasteiger partial charge in [-0.2, -0.15) is 5.10 Å². The molecule has 1 aliphatic heterocycles. The fraction of sp³-hybridized carbons (Fsp3) is 0.312. The molecule has 1 fully saturated rings. The number of aromatic nitrogens is 6. The van der Waals surface area contributed by atoms with E-state index in [4.69, 9.17) is 0 Å². The van der Waals surface area contributed by atoms with E-state index in [1.54, 1.807) is 11.0 Å². The van der Waals surface area contributed by atoms with Gasteiger partial charge in [0.2, 0.25) is 5.91 Å². The van der Waals surface area contributed by atoms with Crippen molar-refractivity contribution in [2.45, 2.75) is 6.54 Å². The Labute approximate surface area is 144 Å². The number of carbonyl (C=O) groups is 1. The van der Waals surface area contributed by atoms with Crippen molar-refractivity contribution in [3.8, 4) is 5.82 Å². The lowest BCUT2D eigenvalue weighted by Crippen LogP contribution is -2.50. The van der Waals surface area contributed by atoms with Crippen LogP contribution in [0.1, 0.15) is 0 Å². The number of amides is 1.